The minimum Gasteiger partial charge on any atom is -0.331 e. The Bertz CT molecular complexity index is 1040. The van der Waals surface area contributed by atoms with Crippen molar-refractivity contribution in [1.82, 2.24) is 19.7 Å². The van der Waals surface area contributed by atoms with Gasteiger partial charge in [-0.1, -0.05) is 60.3 Å². The van der Waals surface area contributed by atoms with E-state index in [0.29, 0.717) is 0 Å². The SMILES string of the molecule is Cc1ccccc1Nc1nc(CSc2nnc(-c3ccccc3)n2C)cs1. The molecule has 2 aromatic heterocycles. The van der Waals surface area contributed by atoms with Crippen LogP contribution in [0.4, 0.5) is 10.8 Å². The standard InChI is InChI=1S/C20H19N5S2/c1-14-8-6-7-11-17(14)22-19-21-16(12-26-19)13-27-20-24-23-18(25(20)2)15-9-4-3-5-10-15/h3-12H,13H2,1-2H3,(H,21,22). The van der Waals surface area contributed by atoms with Gasteiger partial charge in [-0.25, -0.2) is 4.98 Å². The van der Waals surface area contributed by atoms with Gasteiger partial charge in [0.1, 0.15) is 0 Å². The lowest BCUT2D eigenvalue weighted by Gasteiger charge is -2.05. The van der Waals surface area contributed by atoms with Crippen LogP contribution >= 0.6 is 23.1 Å². The molecule has 4 rings (SSSR count). The topological polar surface area (TPSA) is 55.6 Å². The molecule has 0 fully saturated rings. The second-order valence-corrected chi connectivity index (χ2v) is 7.90. The Morgan fingerprint density at radius 3 is 2.63 bits per heavy atom. The van der Waals surface area contributed by atoms with E-state index >= 15 is 0 Å². The summed E-state index contributed by atoms with van der Waals surface area (Å²) >= 11 is 3.26. The number of nitrogens with zero attached hydrogens (tertiary/aromatic N) is 4. The average molecular weight is 394 g/mol. The summed E-state index contributed by atoms with van der Waals surface area (Å²) in [5.74, 6) is 1.63. The molecule has 0 unspecified atom stereocenters. The molecule has 2 heterocycles. The van der Waals surface area contributed by atoms with E-state index in [-0.39, 0.29) is 0 Å². The lowest BCUT2D eigenvalue weighted by Crippen LogP contribution is -1.95. The fourth-order valence-corrected chi connectivity index (χ4v) is 4.31. The highest BCUT2D eigenvalue weighted by Gasteiger charge is 2.12. The summed E-state index contributed by atoms with van der Waals surface area (Å²) in [6.45, 7) is 2.09. The monoisotopic (exact) mass is 393 g/mol. The number of hydrogen-bond donors (Lipinski definition) is 1. The van der Waals surface area contributed by atoms with Crippen LogP contribution in [0.1, 0.15) is 11.3 Å². The summed E-state index contributed by atoms with van der Waals surface area (Å²) < 4.78 is 2.03. The Morgan fingerprint density at radius 2 is 1.81 bits per heavy atom. The molecule has 0 saturated carbocycles. The summed E-state index contributed by atoms with van der Waals surface area (Å²) in [5, 5.41) is 15.9. The van der Waals surface area contributed by atoms with Crippen molar-refractivity contribution in [3.05, 3.63) is 71.2 Å². The van der Waals surface area contributed by atoms with Crippen molar-refractivity contribution in [3.8, 4) is 11.4 Å². The van der Waals surface area contributed by atoms with Gasteiger partial charge < -0.3 is 9.88 Å². The Labute approximate surface area is 166 Å². The van der Waals surface area contributed by atoms with Gasteiger partial charge in [0, 0.05) is 29.4 Å². The van der Waals surface area contributed by atoms with E-state index in [4.69, 9.17) is 0 Å². The summed E-state index contributed by atoms with van der Waals surface area (Å²) in [4.78, 5) is 4.69. The maximum Gasteiger partial charge on any atom is 0.191 e. The molecular formula is C20H19N5S2. The first kappa shape index (κ1) is 17.8. The molecule has 0 bridgehead atoms. The van der Waals surface area contributed by atoms with Crippen molar-refractivity contribution in [1.29, 1.82) is 0 Å². The first-order chi connectivity index (χ1) is 13.2. The molecule has 0 atom stereocenters. The Hall–Kier alpha value is -2.64. The molecule has 1 N–H and O–H groups in total. The van der Waals surface area contributed by atoms with Crippen LogP contribution in [0.15, 0.2) is 65.1 Å². The molecule has 0 spiro atoms. The van der Waals surface area contributed by atoms with Crippen molar-refractivity contribution in [3.63, 3.8) is 0 Å². The molecule has 4 aromatic rings. The lowest BCUT2D eigenvalue weighted by atomic mass is 10.2. The molecule has 0 aliphatic rings. The van der Waals surface area contributed by atoms with Crippen LogP contribution in [0.5, 0.6) is 0 Å². The zero-order valence-corrected chi connectivity index (χ0v) is 16.7. The van der Waals surface area contributed by atoms with Gasteiger partial charge >= 0.3 is 0 Å². The average Bonchev–Trinajstić information content (AvgIpc) is 3.29. The number of benzene rings is 2. The Kier molecular flexibility index (Phi) is 5.22. The van der Waals surface area contributed by atoms with E-state index < -0.39 is 0 Å². The second-order valence-electron chi connectivity index (χ2n) is 6.10. The van der Waals surface area contributed by atoms with E-state index in [1.165, 1.54) is 5.56 Å². The third-order valence-electron chi connectivity index (χ3n) is 4.15. The Balaban J connectivity index is 1.42. The molecule has 7 heteroatoms. The van der Waals surface area contributed by atoms with Crippen LogP contribution in [0, 0.1) is 6.92 Å². The van der Waals surface area contributed by atoms with Crippen LogP contribution in [0.3, 0.4) is 0 Å². The fraction of sp³-hybridized carbons (Fsp3) is 0.150. The van der Waals surface area contributed by atoms with Gasteiger partial charge in [0.25, 0.3) is 0 Å². The van der Waals surface area contributed by atoms with E-state index in [2.05, 4.69) is 44.9 Å². The van der Waals surface area contributed by atoms with Crippen molar-refractivity contribution in [2.75, 3.05) is 5.32 Å². The second kappa shape index (κ2) is 7.94. The molecule has 27 heavy (non-hydrogen) atoms. The highest BCUT2D eigenvalue weighted by atomic mass is 32.2. The first-order valence-electron chi connectivity index (χ1n) is 8.55. The van der Waals surface area contributed by atoms with E-state index in [9.17, 15) is 0 Å². The minimum absolute atomic E-state index is 0.757. The Morgan fingerprint density at radius 1 is 1.04 bits per heavy atom. The third kappa shape index (κ3) is 4.04. The largest absolute Gasteiger partial charge is 0.331 e. The number of nitrogens with one attached hydrogen (secondary N) is 1. The fourth-order valence-electron chi connectivity index (χ4n) is 2.68. The van der Waals surface area contributed by atoms with Crippen molar-refractivity contribution in [2.24, 2.45) is 7.05 Å². The van der Waals surface area contributed by atoms with E-state index in [1.807, 2.05) is 54.1 Å². The number of para-hydroxylation sites is 1. The van der Waals surface area contributed by atoms with Crippen LogP contribution in [-0.4, -0.2) is 19.7 Å². The highest BCUT2D eigenvalue weighted by molar-refractivity contribution is 7.98. The van der Waals surface area contributed by atoms with E-state index in [1.54, 1.807) is 23.1 Å². The molecule has 0 aliphatic carbocycles. The minimum atomic E-state index is 0.757. The third-order valence-corrected chi connectivity index (χ3v) is 6.01. The maximum atomic E-state index is 4.69. The molecule has 2 aromatic carbocycles. The molecule has 0 aliphatic heterocycles. The van der Waals surface area contributed by atoms with Crippen LogP contribution in [-0.2, 0) is 12.8 Å². The summed E-state index contributed by atoms with van der Waals surface area (Å²) in [7, 11) is 2.00. The van der Waals surface area contributed by atoms with Crippen molar-refractivity contribution < 1.29 is 0 Å². The van der Waals surface area contributed by atoms with Crippen LogP contribution < -0.4 is 5.32 Å². The summed E-state index contributed by atoms with van der Waals surface area (Å²) in [5.41, 5.74) is 4.39. The summed E-state index contributed by atoms with van der Waals surface area (Å²) in [6.07, 6.45) is 0. The van der Waals surface area contributed by atoms with Crippen molar-refractivity contribution in [2.45, 2.75) is 17.8 Å². The molecule has 0 amide bonds. The molecule has 136 valence electrons. The lowest BCUT2D eigenvalue weighted by molar-refractivity contribution is 0.793. The van der Waals surface area contributed by atoms with E-state index in [0.717, 1.165) is 38.8 Å². The highest BCUT2D eigenvalue weighted by Crippen LogP contribution is 2.28. The van der Waals surface area contributed by atoms with Gasteiger partial charge in [0.05, 0.1) is 5.69 Å². The predicted octanol–water partition coefficient (Wildman–Crippen LogP) is 5.28. The number of aryl methyl sites for hydroxylation is 1. The predicted molar refractivity (Wildman–Crippen MR) is 113 cm³/mol. The maximum absolute atomic E-state index is 4.69. The van der Waals surface area contributed by atoms with Gasteiger partial charge in [0.2, 0.25) is 0 Å². The van der Waals surface area contributed by atoms with Gasteiger partial charge in [-0.15, -0.1) is 21.5 Å². The molecule has 5 nitrogen and oxygen atoms in total. The number of aromatic nitrogens is 4. The van der Waals surface area contributed by atoms with Gasteiger partial charge in [0.15, 0.2) is 16.1 Å². The van der Waals surface area contributed by atoms with Gasteiger partial charge in [-0.05, 0) is 18.6 Å². The zero-order valence-electron chi connectivity index (χ0n) is 15.1. The zero-order chi connectivity index (χ0) is 18.6. The quantitative estimate of drug-likeness (QED) is 0.452. The van der Waals surface area contributed by atoms with Crippen LogP contribution in [0.2, 0.25) is 0 Å². The number of thiazole rings is 1. The molecular weight excluding hydrogens is 374 g/mol. The molecule has 0 radical (unpaired) electrons. The van der Waals surface area contributed by atoms with Crippen molar-refractivity contribution >= 4 is 33.9 Å². The number of thioether (sulfide) groups is 1. The number of rotatable bonds is 6. The van der Waals surface area contributed by atoms with Crippen LogP contribution in [0.25, 0.3) is 11.4 Å². The number of anilines is 2. The molecule has 0 saturated heterocycles. The smallest absolute Gasteiger partial charge is 0.191 e. The number of hydrogen-bond acceptors (Lipinski definition) is 6. The van der Waals surface area contributed by atoms with Gasteiger partial charge in [-0.3, -0.25) is 0 Å². The summed E-state index contributed by atoms with van der Waals surface area (Å²) in [6, 6.07) is 18.3. The first-order valence-corrected chi connectivity index (χ1v) is 10.4. The normalized spacial score (nSPS) is 10.9. The van der Waals surface area contributed by atoms with Gasteiger partial charge in [-0.2, -0.15) is 0 Å².